The third kappa shape index (κ3) is 3.72. The van der Waals surface area contributed by atoms with Gasteiger partial charge in [0.25, 0.3) is 0 Å². The first-order valence-electron chi connectivity index (χ1n) is 9.55. The standard InChI is InChI=1S/C21H23BN2O4/c1-13(25)19-5-3-4-15-8-17(22(27)28-21(15)19)9-18(26)7-14-6-16-11-24(2)12-20(16)23-10-14/h3-6,10,17,27H,7-9,11-12H2,1-2H3/t17-/m1/s1. The molecular formula is C21H23BN2O4. The van der Waals surface area contributed by atoms with Crippen molar-refractivity contribution < 1.29 is 19.3 Å². The molecule has 2 aliphatic heterocycles. The van der Waals surface area contributed by atoms with E-state index in [0.29, 0.717) is 24.2 Å². The molecule has 0 saturated carbocycles. The lowest BCUT2D eigenvalue weighted by atomic mass is 9.64. The predicted octanol–water partition coefficient (Wildman–Crippen LogP) is 2.22. The fourth-order valence-corrected chi connectivity index (χ4v) is 4.09. The molecule has 2 aromatic rings. The smallest absolute Gasteiger partial charge is 0.526 e. The van der Waals surface area contributed by atoms with Crippen molar-refractivity contribution in [1.29, 1.82) is 0 Å². The number of carbonyl (C=O) groups is 2. The number of rotatable bonds is 5. The van der Waals surface area contributed by atoms with E-state index in [1.807, 2.05) is 19.2 Å². The number of carbonyl (C=O) groups excluding carboxylic acids is 2. The summed E-state index contributed by atoms with van der Waals surface area (Å²) in [6, 6.07) is 7.44. The molecule has 144 valence electrons. The Balaban J connectivity index is 1.43. The van der Waals surface area contributed by atoms with Crippen molar-refractivity contribution in [3.8, 4) is 5.75 Å². The third-order valence-electron chi connectivity index (χ3n) is 5.47. The van der Waals surface area contributed by atoms with Crippen LogP contribution < -0.4 is 4.65 Å². The molecule has 28 heavy (non-hydrogen) atoms. The first-order valence-corrected chi connectivity index (χ1v) is 9.55. The topological polar surface area (TPSA) is 79.7 Å². The quantitative estimate of drug-likeness (QED) is 0.635. The number of hydrogen-bond donors (Lipinski definition) is 1. The van der Waals surface area contributed by atoms with Crippen molar-refractivity contribution in [3.63, 3.8) is 0 Å². The highest BCUT2D eigenvalue weighted by Crippen LogP contribution is 2.36. The van der Waals surface area contributed by atoms with Crippen molar-refractivity contribution in [2.45, 2.75) is 45.1 Å². The Hall–Kier alpha value is -2.51. The van der Waals surface area contributed by atoms with Crippen LogP contribution in [0.3, 0.4) is 0 Å². The highest BCUT2D eigenvalue weighted by Gasteiger charge is 2.37. The summed E-state index contributed by atoms with van der Waals surface area (Å²) in [5.74, 6) is 0.0640. The zero-order chi connectivity index (χ0) is 19.8. The summed E-state index contributed by atoms with van der Waals surface area (Å²) in [6.45, 7) is 3.18. The van der Waals surface area contributed by atoms with Gasteiger partial charge in [0.05, 0.1) is 11.3 Å². The zero-order valence-corrected chi connectivity index (χ0v) is 16.1. The van der Waals surface area contributed by atoms with E-state index in [4.69, 9.17) is 4.65 Å². The van der Waals surface area contributed by atoms with E-state index in [-0.39, 0.29) is 23.8 Å². The summed E-state index contributed by atoms with van der Waals surface area (Å²) in [5, 5.41) is 10.4. The number of para-hydroxylation sites is 1. The van der Waals surface area contributed by atoms with Gasteiger partial charge < -0.3 is 9.68 Å². The maximum absolute atomic E-state index is 12.6. The number of pyridine rings is 1. The highest BCUT2D eigenvalue weighted by atomic mass is 16.5. The van der Waals surface area contributed by atoms with Crippen LogP contribution in [0, 0.1) is 0 Å². The Bertz CT molecular complexity index is 946. The van der Waals surface area contributed by atoms with Gasteiger partial charge in [-0.1, -0.05) is 18.2 Å². The third-order valence-corrected chi connectivity index (χ3v) is 5.47. The van der Waals surface area contributed by atoms with Crippen LogP contribution in [0.15, 0.2) is 30.5 Å². The molecule has 0 fully saturated rings. The van der Waals surface area contributed by atoms with Crippen molar-refractivity contribution in [2.75, 3.05) is 7.05 Å². The summed E-state index contributed by atoms with van der Waals surface area (Å²) in [5.41, 5.74) is 4.49. The van der Waals surface area contributed by atoms with E-state index < -0.39 is 7.12 Å². The van der Waals surface area contributed by atoms with Gasteiger partial charge in [-0.15, -0.1) is 0 Å². The number of ketones is 2. The Kier molecular flexibility index (Phi) is 5.04. The fourth-order valence-electron chi connectivity index (χ4n) is 4.09. The minimum Gasteiger partial charge on any atom is -0.535 e. The van der Waals surface area contributed by atoms with Crippen LogP contribution in [-0.4, -0.2) is 40.6 Å². The second-order valence-electron chi connectivity index (χ2n) is 7.86. The minimum absolute atomic E-state index is 0.0481. The van der Waals surface area contributed by atoms with Crippen LogP contribution >= 0.6 is 0 Å². The van der Waals surface area contributed by atoms with Gasteiger partial charge in [0.15, 0.2) is 5.78 Å². The summed E-state index contributed by atoms with van der Waals surface area (Å²) in [7, 11) is 0.954. The van der Waals surface area contributed by atoms with Crippen LogP contribution in [-0.2, 0) is 30.7 Å². The second kappa shape index (κ2) is 7.49. The van der Waals surface area contributed by atoms with Gasteiger partial charge in [-0.3, -0.25) is 19.5 Å². The molecule has 0 bridgehead atoms. The molecule has 0 spiro atoms. The van der Waals surface area contributed by atoms with Crippen LogP contribution in [0.1, 0.15) is 46.1 Å². The molecule has 0 unspecified atom stereocenters. The number of Topliss-reactive ketones (excluding diaryl/α,β-unsaturated/α-hetero) is 2. The molecular weight excluding hydrogens is 355 g/mol. The molecule has 1 aromatic carbocycles. The van der Waals surface area contributed by atoms with Crippen molar-refractivity contribution in [2.24, 2.45) is 0 Å². The van der Waals surface area contributed by atoms with Gasteiger partial charge in [0.2, 0.25) is 0 Å². The summed E-state index contributed by atoms with van der Waals surface area (Å²) >= 11 is 0. The van der Waals surface area contributed by atoms with Gasteiger partial charge in [-0.05, 0) is 43.1 Å². The molecule has 1 N–H and O–H groups in total. The Morgan fingerprint density at radius 3 is 2.93 bits per heavy atom. The van der Waals surface area contributed by atoms with Gasteiger partial charge in [-0.25, -0.2) is 0 Å². The molecule has 0 radical (unpaired) electrons. The summed E-state index contributed by atoms with van der Waals surface area (Å²) < 4.78 is 5.62. The second-order valence-corrected chi connectivity index (χ2v) is 7.86. The maximum atomic E-state index is 12.6. The average molecular weight is 378 g/mol. The number of hydrogen-bond acceptors (Lipinski definition) is 6. The van der Waals surface area contributed by atoms with Gasteiger partial charge in [-0.2, -0.15) is 0 Å². The molecule has 4 rings (SSSR count). The molecule has 0 amide bonds. The van der Waals surface area contributed by atoms with E-state index in [1.54, 1.807) is 12.3 Å². The van der Waals surface area contributed by atoms with E-state index in [1.165, 1.54) is 12.5 Å². The van der Waals surface area contributed by atoms with Crippen molar-refractivity contribution in [1.82, 2.24) is 9.88 Å². The SMILES string of the molecule is CC(=O)c1cccc2c1OB(O)[C@@H](CC(=O)Cc1cnc3c(c1)CN(C)C3)C2. The van der Waals surface area contributed by atoms with Gasteiger partial charge in [0.1, 0.15) is 11.5 Å². The number of fused-ring (bicyclic) bond motifs is 2. The monoisotopic (exact) mass is 378 g/mol. The summed E-state index contributed by atoms with van der Waals surface area (Å²) in [4.78, 5) is 31.0. The van der Waals surface area contributed by atoms with E-state index in [2.05, 4.69) is 16.0 Å². The van der Waals surface area contributed by atoms with E-state index in [0.717, 1.165) is 29.9 Å². The normalized spacial score (nSPS) is 18.4. The highest BCUT2D eigenvalue weighted by molar-refractivity contribution is 6.47. The number of aromatic nitrogens is 1. The van der Waals surface area contributed by atoms with Crippen LogP contribution in [0.4, 0.5) is 0 Å². The molecule has 2 aliphatic rings. The first-order chi connectivity index (χ1) is 13.4. The molecule has 7 heteroatoms. The van der Waals surface area contributed by atoms with E-state index in [9.17, 15) is 14.6 Å². The molecule has 1 aromatic heterocycles. The number of nitrogens with zero attached hydrogens (tertiary/aromatic N) is 2. The van der Waals surface area contributed by atoms with Crippen LogP contribution in [0.5, 0.6) is 5.75 Å². The molecule has 0 aliphatic carbocycles. The Labute approximate surface area is 164 Å². The Morgan fingerprint density at radius 2 is 2.14 bits per heavy atom. The van der Waals surface area contributed by atoms with Crippen LogP contribution in [0.2, 0.25) is 5.82 Å². The maximum Gasteiger partial charge on any atom is 0.526 e. The predicted molar refractivity (Wildman–Crippen MR) is 105 cm³/mol. The molecule has 3 heterocycles. The zero-order valence-electron chi connectivity index (χ0n) is 16.1. The van der Waals surface area contributed by atoms with E-state index >= 15 is 0 Å². The molecule has 6 nitrogen and oxygen atoms in total. The first kappa shape index (κ1) is 18.8. The molecule has 0 saturated heterocycles. The van der Waals surface area contributed by atoms with Gasteiger partial charge >= 0.3 is 7.12 Å². The summed E-state index contributed by atoms with van der Waals surface area (Å²) in [6.07, 6.45) is 2.81. The lowest BCUT2D eigenvalue weighted by molar-refractivity contribution is -0.118. The van der Waals surface area contributed by atoms with Gasteiger partial charge in [0, 0.05) is 37.9 Å². The van der Waals surface area contributed by atoms with Crippen molar-refractivity contribution in [3.05, 3.63) is 58.4 Å². The van der Waals surface area contributed by atoms with Crippen LogP contribution in [0.25, 0.3) is 0 Å². The Morgan fingerprint density at radius 1 is 1.32 bits per heavy atom. The fraction of sp³-hybridized carbons (Fsp3) is 0.381. The lowest BCUT2D eigenvalue weighted by Crippen LogP contribution is -2.36. The molecule has 1 atom stereocenters. The van der Waals surface area contributed by atoms with Crippen molar-refractivity contribution >= 4 is 18.7 Å². The minimum atomic E-state index is -1.09. The number of benzene rings is 1. The average Bonchev–Trinajstić information content (AvgIpc) is 3.01. The largest absolute Gasteiger partial charge is 0.535 e. The lowest BCUT2D eigenvalue weighted by Gasteiger charge is -2.28.